The van der Waals surface area contributed by atoms with Gasteiger partial charge in [-0.3, -0.25) is 14.4 Å². The molecular weight excluding hydrogens is 338 g/mol. The van der Waals surface area contributed by atoms with Crippen LogP contribution in [-0.4, -0.2) is 31.1 Å². The van der Waals surface area contributed by atoms with Gasteiger partial charge in [0.2, 0.25) is 12.7 Å². The number of anilines is 1. The molecule has 0 unspecified atom stereocenters. The van der Waals surface area contributed by atoms with Gasteiger partial charge in [-0.25, -0.2) is 0 Å². The highest BCUT2D eigenvalue weighted by Gasteiger charge is 2.16. The van der Waals surface area contributed by atoms with E-state index in [1.165, 1.54) is 0 Å². The molecule has 0 atom stereocenters. The van der Waals surface area contributed by atoms with Crippen molar-refractivity contribution in [3.8, 4) is 11.5 Å². The lowest BCUT2D eigenvalue weighted by atomic mass is 10.2. The number of hydrogen-bond acceptors (Lipinski definition) is 5. The van der Waals surface area contributed by atoms with Gasteiger partial charge in [-0.2, -0.15) is 0 Å². The Labute approximate surface area is 149 Å². The quantitative estimate of drug-likeness (QED) is 0.688. The summed E-state index contributed by atoms with van der Waals surface area (Å²) in [5.74, 6) is -1.00. The predicted molar refractivity (Wildman–Crippen MR) is 92.5 cm³/mol. The van der Waals surface area contributed by atoms with Crippen molar-refractivity contribution in [2.75, 3.05) is 18.7 Å². The SMILES string of the molecule is O=C(CNC(=O)C(=O)NCc1ccccc1)Nc1ccc2c(c1)OCO2. The van der Waals surface area contributed by atoms with Crippen LogP contribution in [0.25, 0.3) is 0 Å². The van der Waals surface area contributed by atoms with Crippen LogP contribution in [0.15, 0.2) is 48.5 Å². The van der Waals surface area contributed by atoms with Gasteiger partial charge in [0, 0.05) is 18.3 Å². The molecule has 0 radical (unpaired) electrons. The maximum Gasteiger partial charge on any atom is 0.309 e. The first-order chi connectivity index (χ1) is 12.6. The van der Waals surface area contributed by atoms with Crippen molar-refractivity contribution < 1.29 is 23.9 Å². The molecule has 8 nitrogen and oxygen atoms in total. The standard InChI is InChI=1S/C18H17N3O5/c22-16(21-13-6-7-14-15(8-13)26-11-25-14)10-20-18(24)17(23)19-9-12-4-2-1-3-5-12/h1-8H,9-11H2,(H,19,23)(H,20,24)(H,21,22). The predicted octanol–water partition coefficient (Wildman–Crippen LogP) is 0.786. The van der Waals surface area contributed by atoms with E-state index in [0.29, 0.717) is 17.2 Å². The minimum atomic E-state index is -0.873. The highest BCUT2D eigenvalue weighted by atomic mass is 16.7. The molecule has 3 rings (SSSR count). The molecule has 1 aliphatic rings. The number of hydrogen-bond donors (Lipinski definition) is 3. The zero-order chi connectivity index (χ0) is 18.4. The van der Waals surface area contributed by atoms with Gasteiger partial charge in [-0.1, -0.05) is 30.3 Å². The van der Waals surface area contributed by atoms with Gasteiger partial charge in [0.1, 0.15) is 0 Å². The summed E-state index contributed by atoms with van der Waals surface area (Å²) >= 11 is 0. The molecule has 0 aromatic heterocycles. The molecule has 8 heteroatoms. The van der Waals surface area contributed by atoms with Crippen LogP contribution < -0.4 is 25.4 Å². The molecule has 0 aliphatic carbocycles. The van der Waals surface area contributed by atoms with Crippen LogP contribution in [0.1, 0.15) is 5.56 Å². The van der Waals surface area contributed by atoms with Gasteiger partial charge in [-0.15, -0.1) is 0 Å². The maximum absolute atomic E-state index is 11.9. The topological polar surface area (TPSA) is 106 Å². The molecule has 0 saturated heterocycles. The lowest BCUT2D eigenvalue weighted by Gasteiger charge is -2.08. The molecule has 3 N–H and O–H groups in total. The molecule has 134 valence electrons. The summed E-state index contributed by atoms with van der Waals surface area (Å²) in [6, 6.07) is 14.1. The molecule has 0 bridgehead atoms. The largest absolute Gasteiger partial charge is 0.454 e. The van der Waals surface area contributed by atoms with Crippen LogP contribution in [0.2, 0.25) is 0 Å². The van der Waals surface area contributed by atoms with Gasteiger partial charge >= 0.3 is 11.8 Å². The number of benzene rings is 2. The Morgan fingerprint density at radius 3 is 2.42 bits per heavy atom. The molecule has 2 aromatic rings. The third-order valence-electron chi connectivity index (χ3n) is 3.57. The van der Waals surface area contributed by atoms with Gasteiger partial charge < -0.3 is 25.4 Å². The number of ether oxygens (including phenoxy) is 2. The average Bonchev–Trinajstić information content (AvgIpc) is 3.12. The van der Waals surface area contributed by atoms with Crippen molar-refractivity contribution in [3.63, 3.8) is 0 Å². The van der Waals surface area contributed by atoms with Gasteiger partial charge in [0.25, 0.3) is 0 Å². The number of carbonyl (C=O) groups is 3. The van der Waals surface area contributed by atoms with E-state index in [0.717, 1.165) is 5.56 Å². The normalized spacial score (nSPS) is 11.5. The van der Waals surface area contributed by atoms with Crippen molar-refractivity contribution in [2.45, 2.75) is 6.54 Å². The molecule has 1 aliphatic heterocycles. The third kappa shape index (κ3) is 4.50. The van der Waals surface area contributed by atoms with Crippen molar-refractivity contribution in [3.05, 3.63) is 54.1 Å². The lowest BCUT2D eigenvalue weighted by molar-refractivity contribution is -0.139. The summed E-state index contributed by atoms with van der Waals surface area (Å²) in [4.78, 5) is 35.4. The molecular formula is C18H17N3O5. The van der Waals surface area contributed by atoms with Crippen LogP contribution in [0.5, 0.6) is 11.5 Å². The first-order valence-electron chi connectivity index (χ1n) is 7.91. The Hall–Kier alpha value is -3.55. The summed E-state index contributed by atoms with van der Waals surface area (Å²) in [5.41, 5.74) is 1.37. The highest BCUT2D eigenvalue weighted by Crippen LogP contribution is 2.34. The average molecular weight is 355 g/mol. The van der Waals surface area contributed by atoms with Gasteiger partial charge in [-0.05, 0) is 17.7 Å². The summed E-state index contributed by atoms with van der Waals surface area (Å²) in [7, 11) is 0. The van der Waals surface area contributed by atoms with Crippen molar-refractivity contribution in [2.24, 2.45) is 0 Å². The fraction of sp³-hybridized carbons (Fsp3) is 0.167. The fourth-order valence-corrected chi connectivity index (χ4v) is 2.28. The van der Waals surface area contributed by atoms with Crippen LogP contribution >= 0.6 is 0 Å². The second-order valence-corrected chi connectivity index (χ2v) is 5.47. The monoisotopic (exact) mass is 355 g/mol. The number of fused-ring (bicyclic) bond motifs is 1. The van der Waals surface area contributed by atoms with E-state index < -0.39 is 17.7 Å². The second-order valence-electron chi connectivity index (χ2n) is 5.47. The number of amides is 3. The molecule has 1 heterocycles. The van der Waals surface area contributed by atoms with E-state index in [2.05, 4.69) is 16.0 Å². The Morgan fingerprint density at radius 2 is 1.62 bits per heavy atom. The zero-order valence-corrected chi connectivity index (χ0v) is 13.8. The Balaban J connectivity index is 1.42. The van der Waals surface area contributed by atoms with Crippen molar-refractivity contribution in [1.82, 2.24) is 10.6 Å². The number of nitrogens with one attached hydrogen (secondary N) is 3. The van der Waals surface area contributed by atoms with E-state index in [9.17, 15) is 14.4 Å². The van der Waals surface area contributed by atoms with E-state index >= 15 is 0 Å². The van der Waals surface area contributed by atoms with Crippen LogP contribution in [0.3, 0.4) is 0 Å². The summed E-state index contributed by atoms with van der Waals surface area (Å²) in [6.07, 6.45) is 0. The minimum Gasteiger partial charge on any atom is -0.454 e. The van der Waals surface area contributed by atoms with Gasteiger partial charge in [0.05, 0.1) is 6.54 Å². The number of rotatable bonds is 5. The molecule has 0 spiro atoms. The highest BCUT2D eigenvalue weighted by molar-refractivity contribution is 6.35. The first kappa shape index (κ1) is 17.3. The zero-order valence-electron chi connectivity index (χ0n) is 13.8. The van der Waals surface area contributed by atoms with E-state index in [1.807, 2.05) is 30.3 Å². The lowest BCUT2D eigenvalue weighted by Crippen LogP contribution is -2.42. The molecule has 0 fully saturated rings. The van der Waals surface area contributed by atoms with Crippen molar-refractivity contribution >= 4 is 23.4 Å². The molecule has 26 heavy (non-hydrogen) atoms. The summed E-state index contributed by atoms with van der Waals surface area (Å²) < 4.78 is 10.4. The maximum atomic E-state index is 11.9. The van der Waals surface area contributed by atoms with Crippen molar-refractivity contribution in [1.29, 1.82) is 0 Å². The number of carbonyl (C=O) groups excluding carboxylic acids is 3. The Morgan fingerprint density at radius 1 is 0.885 bits per heavy atom. The summed E-state index contributed by atoms with van der Waals surface area (Å²) in [5, 5.41) is 7.36. The van der Waals surface area contributed by atoms with Crippen LogP contribution in [0, 0.1) is 0 Å². The molecule has 3 amide bonds. The molecule has 0 saturated carbocycles. The Bertz CT molecular complexity index is 823. The van der Waals surface area contributed by atoms with Crippen LogP contribution in [-0.2, 0) is 20.9 Å². The molecule has 2 aromatic carbocycles. The first-order valence-corrected chi connectivity index (χ1v) is 7.91. The van der Waals surface area contributed by atoms with E-state index in [4.69, 9.17) is 9.47 Å². The van der Waals surface area contributed by atoms with Crippen LogP contribution in [0.4, 0.5) is 5.69 Å². The van der Waals surface area contributed by atoms with E-state index in [-0.39, 0.29) is 19.9 Å². The Kier molecular flexibility index (Phi) is 5.33. The summed E-state index contributed by atoms with van der Waals surface area (Å²) in [6.45, 7) is 0.0450. The smallest absolute Gasteiger partial charge is 0.309 e. The van der Waals surface area contributed by atoms with E-state index in [1.54, 1.807) is 18.2 Å². The third-order valence-corrected chi connectivity index (χ3v) is 3.57. The van der Waals surface area contributed by atoms with Gasteiger partial charge in [0.15, 0.2) is 11.5 Å². The fourth-order valence-electron chi connectivity index (χ4n) is 2.28. The minimum absolute atomic E-state index is 0.140. The second kappa shape index (κ2) is 8.02.